The highest BCUT2D eigenvalue weighted by atomic mass is 16.5. The van der Waals surface area contributed by atoms with Gasteiger partial charge in [0.15, 0.2) is 0 Å². The van der Waals surface area contributed by atoms with Gasteiger partial charge in [-0.2, -0.15) is 0 Å². The summed E-state index contributed by atoms with van der Waals surface area (Å²) in [6, 6.07) is 16.1. The molecule has 2 atom stereocenters. The first kappa shape index (κ1) is 13.9. The molecule has 0 unspecified atom stereocenters. The van der Waals surface area contributed by atoms with Crippen LogP contribution in [-0.4, -0.2) is 36.0 Å². The normalized spacial score (nSPS) is 23.0. The van der Waals surface area contributed by atoms with E-state index in [1.165, 1.54) is 0 Å². The van der Waals surface area contributed by atoms with Gasteiger partial charge >= 0.3 is 0 Å². The molecule has 0 saturated carbocycles. The molecule has 23 heavy (non-hydrogen) atoms. The zero-order chi connectivity index (χ0) is 15.6. The molecule has 2 aromatic rings. The molecule has 0 amide bonds. The number of aromatic nitrogens is 1. The molecule has 4 rings (SSSR count). The summed E-state index contributed by atoms with van der Waals surface area (Å²) in [5, 5.41) is 0. The predicted octanol–water partition coefficient (Wildman–Crippen LogP) is 2.77. The van der Waals surface area contributed by atoms with Crippen molar-refractivity contribution < 1.29 is 9.47 Å². The Kier molecular flexibility index (Phi) is 3.54. The van der Waals surface area contributed by atoms with Gasteiger partial charge in [-0.15, -0.1) is 0 Å². The zero-order valence-electron chi connectivity index (χ0n) is 12.8. The van der Waals surface area contributed by atoms with E-state index >= 15 is 0 Å². The van der Waals surface area contributed by atoms with Gasteiger partial charge in [-0.1, -0.05) is 36.4 Å². The van der Waals surface area contributed by atoms with Crippen molar-refractivity contribution >= 4 is 11.8 Å². The van der Waals surface area contributed by atoms with Gasteiger partial charge in [0.1, 0.15) is 30.6 Å². The predicted molar refractivity (Wildman–Crippen MR) is 87.9 cm³/mol. The molecular weight excluding hydrogens is 290 g/mol. The van der Waals surface area contributed by atoms with Crippen LogP contribution in [0.15, 0.2) is 58.5 Å². The fourth-order valence-electron chi connectivity index (χ4n) is 2.65. The van der Waals surface area contributed by atoms with Gasteiger partial charge in [0.25, 0.3) is 0 Å². The number of pyridine rings is 1. The van der Waals surface area contributed by atoms with Crippen LogP contribution < -0.4 is 0 Å². The molecular formula is C18H17N3O2. The van der Waals surface area contributed by atoms with Crippen LogP contribution in [0.5, 0.6) is 0 Å². The smallest absolute Gasteiger partial charge is 0.236 e. The second kappa shape index (κ2) is 5.83. The van der Waals surface area contributed by atoms with Gasteiger partial charge in [-0.05, 0) is 24.6 Å². The lowest BCUT2D eigenvalue weighted by Gasteiger charge is -2.04. The molecule has 3 heterocycles. The molecule has 0 radical (unpaired) electrons. The van der Waals surface area contributed by atoms with Crippen molar-refractivity contribution in [3.63, 3.8) is 0 Å². The fourth-order valence-corrected chi connectivity index (χ4v) is 2.65. The minimum Gasteiger partial charge on any atom is -0.474 e. The average Bonchev–Trinajstić information content (AvgIpc) is 3.25. The first-order valence-electron chi connectivity index (χ1n) is 7.73. The van der Waals surface area contributed by atoms with Crippen LogP contribution in [0.4, 0.5) is 0 Å². The lowest BCUT2D eigenvalue weighted by Crippen LogP contribution is -2.10. The van der Waals surface area contributed by atoms with Crippen molar-refractivity contribution in [1.82, 2.24) is 4.98 Å². The number of hydrogen-bond donors (Lipinski definition) is 0. The van der Waals surface area contributed by atoms with Crippen LogP contribution in [0.3, 0.4) is 0 Å². The molecule has 0 N–H and O–H groups in total. The molecule has 0 fully saturated rings. The quantitative estimate of drug-likeness (QED) is 0.876. The van der Waals surface area contributed by atoms with E-state index in [2.05, 4.69) is 27.1 Å². The van der Waals surface area contributed by atoms with Gasteiger partial charge in [0.05, 0.1) is 6.04 Å². The summed E-state index contributed by atoms with van der Waals surface area (Å²) >= 11 is 0. The highest BCUT2D eigenvalue weighted by Gasteiger charge is 2.24. The van der Waals surface area contributed by atoms with Crippen molar-refractivity contribution in [2.75, 3.05) is 13.2 Å². The van der Waals surface area contributed by atoms with Crippen molar-refractivity contribution in [3.05, 3.63) is 65.5 Å². The monoisotopic (exact) mass is 307 g/mol. The lowest BCUT2D eigenvalue weighted by atomic mass is 10.1. The third kappa shape index (κ3) is 2.82. The Hall–Kier alpha value is -2.69. The Balaban J connectivity index is 1.60. The van der Waals surface area contributed by atoms with E-state index in [4.69, 9.17) is 9.47 Å². The molecule has 0 spiro atoms. The Morgan fingerprint density at radius 3 is 2.22 bits per heavy atom. The SMILES string of the molecule is C[C@@H]1COC(c2cccc(C3=N[C@H](c4ccccc4)CO3)n2)=N1. The van der Waals surface area contributed by atoms with E-state index < -0.39 is 0 Å². The molecule has 116 valence electrons. The summed E-state index contributed by atoms with van der Waals surface area (Å²) in [5.41, 5.74) is 2.59. The van der Waals surface area contributed by atoms with Gasteiger partial charge < -0.3 is 9.47 Å². The fraction of sp³-hybridized carbons (Fsp3) is 0.278. The molecule has 1 aromatic heterocycles. The number of aliphatic imine (C=N–C) groups is 2. The topological polar surface area (TPSA) is 56.1 Å². The van der Waals surface area contributed by atoms with Crippen molar-refractivity contribution in [1.29, 1.82) is 0 Å². The molecule has 0 bridgehead atoms. The zero-order valence-corrected chi connectivity index (χ0v) is 12.8. The summed E-state index contributed by atoms with van der Waals surface area (Å²) in [4.78, 5) is 13.7. The maximum Gasteiger partial charge on any atom is 0.236 e. The van der Waals surface area contributed by atoms with Crippen LogP contribution in [0, 0.1) is 0 Å². The highest BCUT2D eigenvalue weighted by Crippen LogP contribution is 2.24. The van der Waals surface area contributed by atoms with Gasteiger partial charge in [0, 0.05) is 0 Å². The van der Waals surface area contributed by atoms with E-state index in [0.717, 1.165) is 11.3 Å². The van der Waals surface area contributed by atoms with Crippen LogP contribution in [0.1, 0.15) is 29.9 Å². The first-order valence-corrected chi connectivity index (χ1v) is 7.73. The molecule has 2 aliphatic heterocycles. The van der Waals surface area contributed by atoms with Crippen LogP contribution >= 0.6 is 0 Å². The number of nitrogens with zero attached hydrogens (tertiary/aromatic N) is 3. The number of rotatable bonds is 3. The summed E-state index contributed by atoms with van der Waals surface area (Å²) in [5.74, 6) is 1.17. The van der Waals surface area contributed by atoms with Crippen LogP contribution in [-0.2, 0) is 9.47 Å². The molecule has 5 heteroatoms. The Labute approximate surface area is 134 Å². The highest BCUT2D eigenvalue weighted by molar-refractivity contribution is 5.97. The van der Waals surface area contributed by atoms with E-state index in [0.29, 0.717) is 30.7 Å². The van der Waals surface area contributed by atoms with E-state index in [1.807, 2.05) is 43.3 Å². The summed E-state index contributed by atoms with van der Waals surface area (Å²) in [6.45, 7) is 3.17. The molecule has 1 aromatic carbocycles. The Bertz CT molecular complexity index is 771. The summed E-state index contributed by atoms with van der Waals surface area (Å²) < 4.78 is 11.3. The molecule has 2 aliphatic rings. The van der Waals surface area contributed by atoms with E-state index in [1.54, 1.807) is 0 Å². The van der Waals surface area contributed by atoms with Gasteiger partial charge in [-0.25, -0.2) is 15.0 Å². The number of hydrogen-bond acceptors (Lipinski definition) is 5. The first-order chi connectivity index (χ1) is 11.3. The second-order valence-electron chi connectivity index (χ2n) is 5.67. The minimum atomic E-state index is 0.0248. The summed E-state index contributed by atoms with van der Waals surface area (Å²) in [6.07, 6.45) is 0. The third-order valence-corrected chi connectivity index (χ3v) is 3.82. The molecule has 5 nitrogen and oxygen atoms in total. The number of benzene rings is 1. The maximum absolute atomic E-state index is 5.75. The summed E-state index contributed by atoms with van der Waals surface area (Å²) in [7, 11) is 0. The Morgan fingerprint density at radius 1 is 0.826 bits per heavy atom. The third-order valence-electron chi connectivity index (χ3n) is 3.82. The van der Waals surface area contributed by atoms with E-state index in [-0.39, 0.29) is 12.1 Å². The van der Waals surface area contributed by atoms with Crippen LogP contribution in [0.25, 0.3) is 0 Å². The maximum atomic E-state index is 5.75. The molecule has 0 saturated heterocycles. The minimum absolute atomic E-state index is 0.0248. The number of ether oxygens (including phenoxy) is 2. The van der Waals surface area contributed by atoms with E-state index in [9.17, 15) is 0 Å². The second-order valence-corrected chi connectivity index (χ2v) is 5.67. The van der Waals surface area contributed by atoms with Crippen molar-refractivity contribution in [3.8, 4) is 0 Å². The van der Waals surface area contributed by atoms with Crippen molar-refractivity contribution in [2.45, 2.75) is 19.0 Å². The lowest BCUT2D eigenvalue weighted by molar-refractivity contribution is 0.318. The standard InChI is InChI=1S/C18H17N3O2/c1-12-10-22-17(19-12)14-8-5-9-15(20-14)18-21-16(11-23-18)13-6-3-2-4-7-13/h2-9,12,16H,10-11H2,1H3/t12-,16+/m1/s1. The molecule has 0 aliphatic carbocycles. The largest absolute Gasteiger partial charge is 0.474 e. The van der Waals surface area contributed by atoms with Crippen LogP contribution in [0.2, 0.25) is 0 Å². The average molecular weight is 307 g/mol. The van der Waals surface area contributed by atoms with Gasteiger partial charge in [-0.3, -0.25) is 0 Å². The van der Waals surface area contributed by atoms with Crippen molar-refractivity contribution in [2.24, 2.45) is 9.98 Å². The van der Waals surface area contributed by atoms with Gasteiger partial charge in [0.2, 0.25) is 11.8 Å². The Morgan fingerprint density at radius 2 is 1.52 bits per heavy atom.